The van der Waals surface area contributed by atoms with Gasteiger partial charge in [-0.1, -0.05) is 24.2 Å². The van der Waals surface area contributed by atoms with E-state index in [1.165, 1.54) is 34.9 Å². The molecule has 140 valence electrons. The molecule has 2 saturated heterocycles. The van der Waals surface area contributed by atoms with E-state index in [4.69, 9.17) is 0 Å². The van der Waals surface area contributed by atoms with Crippen molar-refractivity contribution in [1.29, 1.82) is 0 Å². The fraction of sp³-hybridized carbons (Fsp3) is 0.647. The van der Waals surface area contributed by atoms with Crippen molar-refractivity contribution in [3.05, 3.63) is 22.1 Å². The Morgan fingerprint density at radius 2 is 1.73 bits per heavy atom. The lowest BCUT2D eigenvalue weighted by molar-refractivity contribution is 0.0661. The molecule has 2 aliphatic heterocycles. The van der Waals surface area contributed by atoms with Crippen molar-refractivity contribution in [3.8, 4) is 0 Å². The summed E-state index contributed by atoms with van der Waals surface area (Å²) in [7, 11) is 2.03. The molecule has 2 fully saturated rings. The number of amides is 1. The van der Waals surface area contributed by atoms with Crippen molar-refractivity contribution in [2.24, 2.45) is 0 Å². The van der Waals surface area contributed by atoms with Crippen LogP contribution in [0.5, 0.6) is 0 Å². The summed E-state index contributed by atoms with van der Waals surface area (Å²) in [4.78, 5) is 36.6. The van der Waals surface area contributed by atoms with E-state index in [0.29, 0.717) is 18.1 Å². The number of rotatable bonds is 2. The summed E-state index contributed by atoms with van der Waals surface area (Å²) < 4.78 is 1.30. The molecule has 9 heteroatoms. The van der Waals surface area contributed by atoms with Crippen LogP contribution in [0.4, 0.5) is 5.13 Å². The second-order valence-electron chi connectivity index (χ2n) is 7.05. The summed E-state index contributed by atoms with van der Waals surface area (Å²) in [6.07, 6.45) is 6.19. The first-order valence-corrected chi connectivity index (χ1v) is 10.1. The average Bonchev–Trinajstić information content (AvgIpc) is 2.90. The molecule has 0 atom stereocenters. The molecular weight excluding hydrogens is 352 g/mol. The van der Waals surface area contributed by atoms with E-state index in [-0.39, 0.29) is 17.0 Å². The molecule has 4 heterocycles. The third-order valence-corrected chi connectivity index (χ3v) is 6.16. The van der Waals surface area contributed by atoms with Crippen LogP contribution in [-0.2, 0) is 0 Å². The molecule has 0 unspecified atom stereocenters. The molecule has 0 bridgehead atoms. The number of likely N-dealkylation sites (N-methyl/N-ethyl adjacent to an activating group) is 1. The van der Waals surface area contributed by atoms with Crippen molar-refractivity contribution in [1.82, 2.24) is 24.4 Å². The van der Waals surface area contributed by atoms with Crippen molar-refractivity contribution >= 4 is 27.3 Å². The highest BCUT2D eigenvalue weighted by molar-refractivity contribution is 7.20. The SMILES string of the molecule is CN1CCN(C(=O)c2cnc3sc(N4CCCCCC4)nn3c2=O)CC1. The highest BCUT2D eigenvalue weighted by Gasteiger charge is 2.25. The summed E-state index contributed by atoms with van der Waals surface area (Å²) in [6, 6.07) is 0. The number of carbonyl (C=O) groups excluding carboxylic acids is 1. The second-order valence-corrected chi connectivity index (χ2v) is 7.99. The van der Waals surface area contributed by atoms with Gasteiger partial charge in [0.15, 0.2) is 0 Å². The topological polar surface area (TPSA) is 74.1 Å². The van der Waals surface area contributed by atoms with E-state index in [0.717, 1.165) is 44.2 Å². The standard InChI is InChI=1S/C17H24N6O2S/c1-20-8-10-21(11-9-20)14(24)13-12-18-16-23(15(13)25)19-17(26-16)22-6-4-2-3-5-7-22/h12H,2-11H2,1H3. The Kier molecular flexibility index (Phi) is 4.90. The van der Waals surface area contributed by atoms with Gasteiger partial charge in [0.1, 0.15) is 5.56 Å². The van der Waals surface area contributed by atoms with E-state index >= 15 is 0 Å². The second kappa shape index (κ2) is 7.32. The largest absolute Gasteiger partial charge is 0.347 e. The van der Waals surface area contributed by atoms with Gasteiger partial charge in [0.25, 0.3) is 11.5 Å². The minimum absolute atomic E-state index is 0.111. The van der Waals surface area contributed by atoms with Gasteiger partial charge in [0.05, 0.1) is 0 Å². The van der Waals surface area contributed by atoms with E-state index in [2.05, 4.69) is 19.9 Å². The van der Waals surface area contributed by atoms with Crippen molar-refractivity contribution < 1.29 is 4.79 Å². The van der Waals surface area contributed by atoms with Crippen LogP contribution in [-0.4, -0.2) is 76.6 Å². The zero-order valence-corrected chi connectivity index (χ0v) is 15.9. The zero-order chi connectivity index (χ0) is 18.1. The van der Waals surface area contributed by atoms with Gasteiger partial charge in [0, 0.05) is 45.5 Å². The molecule has 0 spiro atoms. The maximum Gasteiger partial charge on any atom is 0.288 e. The van der Waals surface area contributed by atoms with Crippen LogP contribution in [0.2, 0.25) is 0 Å². The molecule has 2 aromatic heterocycles. The zero-order valence-electron chi connectivity index (χ0n) is 15.1. The highest BCUT2D eigenvalue weighted by Crippen LogP contribution is 2.24. The summed E-state index contributed by atoms with van der Waals surface area (Å²) in [5.74, 6) is -0.241. The highest BCUT2D eigenvalue weighted by atomic mass is 32.1. The van der Waals surface area contributed by atoms with Gasteiger partial charge in [-0.15, -0.1) is 5.10 Å². The Morgan fingerprint density at radius 3 is 2.42 bits per heavy atom. The monoisotopic (exact) mass is 376 g/mol. The number of anilines is 1. The van der Waals surface area contributed by atoms with Gasteiger partial charge in [0.2, 0.25) is 10.1 Å². The third-order valence-electron chi connectivity index (χ3n) is 5.17. The lowest BCUT2D eigenvalue weighted by atomic mass is 10.2. The molecule has 26 heavy (non-hydrogen) atoms. The van der Waals surface area contributed by atoms with Crippen LogP contribution in [0.1, 0.15) is 36.0 Å². The predicted molar refractivity (Wildman–Crippen MR) is 101 cm³/mol. The van der Waals surface area contributed by atoms with Crippen molar-refractivity contribution in [2.45, 2.75) is 25.7 Å². The summed E-state index contributed by atoms with van der Waals surface area (Å²) in [5, 5.41) is 5.31. The molecule has 1 amide bonds. The van der Waals surface area contributed by atoms with E-state index in [9.17, 15) is 9.59 Å². The summed E-state index contributed by atoms with van der Waals surface area (Å²) in [6.45, 7) is 4.82. The fourth-order valence-electron chi connectivity index (χ4n) is 3.49. The number of hydrogen-bond donors (Lipinski definition) is 0. The van der Waals surface area contributed by atoms with Gasteiger partial charge in [-0.25, -0.2) is 4.98 Å². The summed E-state index contributed by atoms with van der Waals surface area (Å²) >= 11 is 1.42. The van der Waals surface area contributed by atoms with Crippen LogP contribution < -0.4 is 10.5 Å². The first-order valence-electron chi connectivity index (χ1n) is 9.25. The number of fused-ring (bicyclic) bond motifs is 1. The smallest absolute Gasteiger partial charge is 0.288 e. The van der Waals surface area contributed by atoms with Crippen LogP contribution in [0.3, 0.4) is 0 Å². The molecule has 4 rings (SSSR count). The van der Waals surface area contributed by atoms with E-state index < -0.39 is 0 Å². The predicted octanol–water partition coefficient (Wildman–Crippen LogP) is 0.919. The Morgan fingerprint density at radius 1 is 1.04 bits per heavy atom. The molecule has 2 aromatic rings. The summed E-state index contributed by atoms with van der Waals surface area (Å²) in [5.41, 5.74) is -0.254. The molecule has 0 N–H and O–H groups in total. The van der Waals surface area contributed by atoms with Gasteiger partial charge in [-0.2, -0.15) is 4.52 Å². The quantitative estimate of drug-likeness (QED) is 0.776. The van der Waals surface area contributed by atoms with Gasteiger partial charge in [-0.3, -0.25) is 9.59 Å². The Bertz CT molecular complexity index is 847. The van der Waals surface area contributed by atoms with Gasteiger partial charge >= 0.3 is 0 Å². The van der Waals surface area contributed by atoms with Gasteiger partial charge < -0.3 is 14.7 Å². The first kappa shape index (κ1) is 17.4. The minimum atomic E-state index is -0.365. The molecular formula is C17H24N6O2S. The van der Waals surface area contributed by atoms with E-state index in [1.807, 2.05) is 7.05 Å². The Labute approximate surface area is 156 Å². The third kappa shape index (κ3) is 3.33. The molecule has 8 nitrogen and oxygen atoms in total. The fourth-order valence-corrected chi connectivity index (χ4v) is 4.41. The van der Waals surface area contributed by atoms with E-state index in [1.54, 1.807) is 4.90 Å². The number of carbonyl (C=O) groups is 1. The van der Waals surface area contributed by atoms with Crippen molar-refractivity contribution in [2.75, 3.05) is 51.2 Å². The van der Waals surface area contributed by atoms with Crippen LogP contribution in [0, 0.1) is 0 Å². The molecule has 2 aliphatic rings. The van der Waals surface area contributed by atoms with Gasteiger partial charge in [-0.05, 0) is 19.9 Å². The Hall–Kier alpha value is -2.00. The number of aromatic nitrogens is 3. The number of nitrogens with zero attached hydrogens (tertiary/aromatic N) is 6. The van der Waals surface area contributed by atoms with Crippen LogP contribution in [0.15, 0.2) is 11.0 Å². The number of piperazine rings is 1. The maximum absolute atomic E-state index is 12.8. The normalized spacial score (nSPS) is 19.7. The molecule has 0 radical (unpaired) electrons. The first-order chi connectivity index (χ1) is 12.6. The molecule has 0 aromatic carbocycles. The average molecular weight is 376 g/mol. The van der Waals surface area contributed by atoms with Crippen LogP contribution >= 0.6 is 11.3 Å². The van der Waals surface area contributed by atoms with Crippen molar-refractivity contribution in [3.63, 3.8) is 0 Å². The number of hydrogen-bond acceptors (Lipinski definition) is 7. The van der Waals surface area contributed by atoms with Crippen LogP contribution in [0.25, 0.3) is 4.96 Å². The Balaban J connectivity index is 1.62. The lowest BCUT2D eigenvalue weighted by Gasteiger charge is -2.32. The lowest BCUT2D eigenvalue weighted by Crippen LogP contribution is -2.48. The maximum atomic E-state index is 12.8. The minimum Gasteiger partial charge on any atom is -0.347 e. The molecule has 0 aliphatic carbocycles. The molecule has 0 saturated carbocycles.